The molecule has 0 saturated heterocycles. The Balaban J connectivity index is 1.97. The number of hydrogen-bond donors (Lipinski definition) is 1. The van der Waals surface area contributed by atoms with Gasteiger partial charge in [-0.25, -0.2) is 9.78 Å². The molecule has 0 spiro atoms. The second-order valence-electron chi connectivity index (χ2n) is 3.48. The zero-order valence-electron chi connectivity index (χ0n) is 9.21. The van der Waals surface area contributed by atoms with Crippen LogP contribution in [-0.4, -0.2) is 16.1 Å². The number of benzene rings is 1. The van der Waals surface area contributed by atoms with Crippen LogP contribution in [0, 0.1) is 6.92 Å². The number of ether oxygens (including phenoxy) is 1. The van der Waals surface area contributed by atoms with Gasteiger partial charge in [0.05, 0.1) is 11.8 Å². The Morgan fingerprint density at radius 2 is 2.12 bits per heavy atom. The van der Waals surface area contributed by atoms with Crippen LogP contribution in [0.5, 0.6) is 5.75 Å². The van der Waals surface area contributed by atoms with Crippen LogP contribution in [0.3, 0.4) is 0 Å². The summed E-state index contributed by atoms with van der Waals surface area (Å²) in [4.78, 5) is 14.6. The van der Waals surface area contributed by atoms with Crippen LogP contribution < -0.4 is 4.74 Å². The second kappa shape index (κ2) is 4.69. The summed E-state index contributed by atoms with van der Waals surface area (Å²) >= 11 is 0. The fourth-order valence-corrected chi connectivity index (χ4v) is 1.31. The summed E-state index contributed by atoms with van der Waals surface area (Å²) in [5.74, 6) is 0.834. The fourth-order valence-electron chi connectivity index (χ4n) is 1.31. The molecule has 1 heterocycles. The van der Waals surface area contributed by atoms with E-state index in [-0.39, 0.29) is 12.2 Å². The lowest BCUT2D eigenvalue weighted by Gasteiger charge is -2.03. The molecule has 0 bridgehead atoms. The first kappa shape index (κ1) is 11.2. The number of aromatic carboxylic acids is 1. The Morgan fingerprint density at radius 3 is 2.65 bits per heavy atom. The molecule has 5 heteroatoms. The summed E-state index contributed by atoms with van der Waals surface area (Å²) in [5.41, 5.74) is 0.226. The first-order valence-corrected chi connectivity index (χ1v) is 5.02. The summed E-state index contributed by atoms with van der Waals surface area (Å²) in [5, 5.41) is 8.72. The van der Waals surface area contributed by atoms with Crippen molar-refractivity contribution < 1.29 is 19.1 Å². The molecule has 2 rings (SSSR count). The van der Waals surface area contributed by atoms with E-state index in [9.17, 15) is 4.79 Å². The lowest BCUT2D eigenvalue weighted by Crippen LogP contribution is -1.98. The molecule has 2 aromatic rings. The van der Waals surface area contributed by atoms with Gasteiger partial charge in [-0.1, -0.05) is 0 Å². The predicted octanol–water partition coefficient (Wildman–Crippen LogP) is 2.26. The summed E-state index contributed by atoms with van der Waals surface area (Å²) in [7, 11) is 0. The Bertz CT molecular complexity index is 516. The van der Waals surface area contributed by atoms with Gasteiger partial charge in [-0.3, -0.25) is 0 Å². The minimum atomic E-state index is -0.958. The maximum Gasteiger partial charge on any atom is 0.335 e. The Hall–Kier alpha value is -2.30. The van der Waals surface area contributed by atoms with Crippen LogP contribution in [0.25, 0.3) is 0 Å². The summed E-state index contributed by atoms with van der Waals surface area (Å²) in [6, 6.07) is 6.16. The van der Waals surface area contributed by atoms with Gasteiger partial charge in [-0.15, -0.1) is 0 Å². The van der Waals surface area contributed by atoms with Crippen molar-refractivity contribution in [2.75, 3.05) is 0 Å². The number of nitrogens with zero attached hydrogens (tertiary/aromatic N) is 1. The summed E-state index contributed by atoms with van der Waals surface area (Å²) < 4.78 is 10.6. The zero-order valence-corrected chi connectivity index (χ0v) is 9.21. The van der Waals surface area contributed by atoms with Crippen LogP contribution in [-0.2, 0) is 6.61 Å². The van der Waals surface area contributed by atoms with Crippen LogP contribution in [0.2, 0.25) is 0 Å². The molecule has 1 aromatic carbocycles. The van der Waals surface area contributed by atoms with Gasteiger partial charge < -0.3 is 14.3 Å². The molecule has 5 nitrogen and oxygen atoms in total. The highest BCUT2D eigenvalue weighted by atomic mass is 16.5. The van der Waals surface area contributed by atoms with E-state index in [0.717, 1.165) is 5.76 Å². The minimum Gasteiger partial charge on any atom is -0.484 e. The number of aromatic nitrogens is 1. The number of carbonyl (C=O) groups is 1. The maximum atomic E-state index is 10.6. The molecule has 0 amide bonds. The number of carboxylic acids is 1. The molecule has 1 aromatic heterocycles. The molecular formula is C12H11NO4. The molecule has 0 fully saturated rings. The summed E-state index contributed by atoms with van der Waals surface area (Å²) in [6.07, 6.45) is 1.62. The van der Waals surface area contributed by atoms with Crippen molar-refractivity contribution in [2.45, 2.75) is 13.5 Å². The smallest absolute Gasteiger partial charge is 0.335 e. The first-order valence-electron chi connectivity index (χ1n) is 5.02. The Kier molecular flexibility index (Phi) is 3.09. The second-order valence-corrected chi connectivity index (χ2v) is 3.48. The lowest BCUT2D eigenvalue weighted by atomic mass is 10.2. The van der Waals surface area contributed by atoms with Crippen molar-refractivity contribution in [3.63, 3.8) is 0 Å². The minimum absolute atomic E-state index is 0.222. The van der Waals surface area contributed by atoms with E-state index in [4.69, 9.17) is 14.3 Å². The molecule has 0 radical (unpaired) electrons. The van der Waals surface area contributed by atoms with E-state index in [2.05, 4.69) is 4.98 Å². The van der Waals surface area contributed by atoms with Gasteiger partial charge in [0.2, 0.25) is 5.89 Å². The Morgan fingerprint density at radius 1 is 1.41 bits per heavy atom. The molecule has 1 N–H and O–H groups in total. The topological polar surface area (TPSA) is 72.6 Å². The zero-order chi connectivity index (χ0) is 12.3. The first-order chi connectivity index (χ1) is 8.15. The Labute approximate surface area is 97.7 Å². The van der Waals surface area contributed by atoms with E-state index in [1.54, 1.807) is 25.3 Å². The molecule has 0 aliphatic carbocycles. The molecule has 0 unspecified atom stereocenters. The number of hydrogen-bond acceptors (Lipinski definition) is 4. The van der Waals surface area contributed by atoms with Crippen molar-refractivity contribution >= 4 is 5.97 Å². The van der Waals surface area contributed by atoms with E-state index in [1.807, 2.05) is 0 Å². The fraction of sp³-hybridized carbons (Fsp3) is 0.167. The van der Waals surface area contributed by atoms with Gasteiger partial charge >= 0.3 is 5.97 Å². The number of carboxylic acid groups (broad SMARTS) is 1. The molecule has 0 saturated carbocycles. The maximum absolute atomic E-state index is 10.6. The average molecular weight is 233 g/mol. The van der Waals surface area contributed by atoms with E-state index >= 15 is 0 Å². The molecular weight excluding hydrogens is 222 g/mol. The predicted molar refractivity (Wildman–Crippen MR) is 59.0 cm³/mol. The largest absolute Gasteiger partial charge is 0.484 e. The van der Waals surface area contributed by atoms with Crippen molar-refractivity contribution in [1.82, 2.24) is 4.98 Å². The molecule has 0 aliphatic rings. The molecule has 88 valence electrons. The third kappa shape index (κ3) is 2.84. The number of aryl methyl sites for hydroxylation is 1. The van der Waals surface area contributed by atoms with Crippen LogP contribution in [0.4, 0.5) is 0 Å². The van der Waals surface area contributed by atoms with Crippen LogP contribution in [0.1, 0.15) is 22.0 Å². The monoisotopic (exact) mass is 233 g/mol. The van der Waals surface area contributed by atoms with Gasteiger partial charge in [0.25, 0.3) is 0 Å². The van der Waals surface area contributed by atoms with Gasteiger partial charge in [0.15, 0.2) is 6.61 Å². The average Bonchev–Trinajstić information content (AvgIpc) is 2.73. The molecule has 17 heavy (non-hydrogen) atoms. The van der Waals surface area contributed by atoms with E-state index < -0.39 is 5.97 Å². The van der Waals surface area contributed by atoms with Crippen LogP contribution in [0.15, 0.2) is 34.9 Å². The van der Waals surface area contributed by atoms with Crippen molar-refractivity contribution in [2.24, 2.45) is 0 Å². The number of rotatable bonds is 4. The normalized spacial score (nSPS) is 10.2. The molecule has 0 aliphatic heterocycles. The van der Waals surface area contributed by atoms with Gasteiger partial charge in [0.1, 0.15) is 11.5 Å². The highest BCUT2D eigenvalue weighted by molar-refractivity contribution is 5.87. The van der Waals surface area contributed by atoms with Crippen molar-refractivity contribution in [1.29, 1.82) is 0 Å². The third-order valence-electron chi connectivity index (χ3n) is 2.13. The van der Waals surface area contributed by atoms with E-state index in [1.165, 1.54) is 12.1 Å². The standard InChI is InChI=1S/C12H11NO4/c1-8-6-13-11(17-8)7-16-10-4-2-9(3-5-10)12(14)15/h2-6H,7H2,1H3,(H,14,15). The quantitative estimate of drug-likeness (QED) is 0.876. The third-order valence-corrected chi connectivity index (χ3v) is 2.13. The van der Waals surface area contributed by atoms with Crippen molar-refractivity contribution in [3.05, 3.63) is 47.7 Å². The SMILES string of the molecule is Cc1cnc(COc2ccc(C(=O)O)cc2)o1. The highest BCUT2D eigenvalue weighted by Gasteiger charge is 2.04. The van der Waals surface area contributed by atoms with Crippen molar-refractivity contribution in [3.8, 4) is 5.75 Å². The number of oxazole rings is 1. The molecule has 0 atom stereocenters. The summed E-state index contributed by atoms with van der Waals surface area (Å²) in [6.45, 7) is 2.03. The van der Waals surface area contributed by atoms with E-state index in [0.29, 0.717) is 11.6 Å². The van der Waals surface area contributed by atoms with Gasteiger partial charge in [0, 0.05) is 0 Å². The van der Waals surface area contributed by atoms with Gasteiger partial charge in [-0.05, 0) is 31.2 Å². The van der Waals surface area contributed by atoms with Crippen LogP contribution >= 0.6 is 0 Å². The van der Waals surface area contributed by atoms with Gasteiger partial charge in [-0.2, -0.15) is 0 Å². The lowest BCUT2D eigenvalue weighted by molar-refractivity contribution is 0.0697. The highest BCUT2D eigenvalue weighted by Crippen LogP contribution is 2.14.